The van der Waals surface area contributed by atoms with Crippen molar-refractivity contribution in [2.45, 2.75) is 66.2 Å². The lowest BCUT2D eigenvalue weighted by molar-refractivity contribution is -0.130. The van der Waals surface area contributed by atoms with E-state index in [1.807, 2.05) is 27.7 Å². The number of carbonyl (C=O) groups excluding carboxylic acids is 2. The number of halogens is 1. The average molecular weight is 334 g/mol. The minimum Gasteiger partial charge on any atom is -0.435 e. The van der Waals surface area contributed by atoms with Crippen molar-refractivity contribution in [2.75, 3.05) is 0 Å². The van der Waals surface area contributed by atoms with Crippen LogP contribution in [0.1, 0.15) is 48.5 Å². The molecule has 0 atom stereocenters. The smallest absolute Gasteiger partial charge is 0.411 e. The third-order valence-corrected chi connectivity index (χ3v) is 3.50. The number of carbonyl (C=O) groups is 2. The van der Waals surface area contributed by atoms with Crippen LogP contribution < -0.4 is 0 Å². The van der Waals surface area contributed by atoms with Crippen LogP contribution in [-0.4, -0.2) is 34.5 Å². The number of hydrogen-bond acceptors (Lipinski definition) is 3. The minimum absolute atomic E-state index is 0.0172. The molecule has 0 aliphatic carbocycles. The van der Waals surface area contributed by atoms with Gasteiger partial charge in [-0.2, -0.15) is 0 Å². The Kier molecular flexibility index (Phi) is 6.77. The first-order valence-corrected chi connectivity index (χ1v) is 7.21. The summed E-state index contributed by atoms with van der Waals surface area (Å²) in [4.78, 5) is 25.9. The second-order valence-electron chi connectivity index (χ2n) is 5.44. The van der Waals surface area contributed by atoms with E-state index in [1.54, 1.807) is 31.7 Å². The summed E-state index contributed by atoms with van der Waals surface area (Å²) in [7, 11) is 0. The predicted octanol–water partition coefficient (Wildman–Crippen LogP) is 3.89. The van der Waals surface area contributed by atoms with Crippen molar-refractivity contribution < 1.29 is 14.3 Å². The molecule has 0 fully saturated rings. The Morgan fingerprint density at radius 3 is 1.89 bits per heavy atom. The first kappa shape index (κ1) is 18.2. The maximum Gasteiger partial charge on any atom is 0.411 e. The summed E-state index contributed by atoms with van der Waals surface area (Å²) in [6.45, 7) is 12.6. The third kappa shape index (κ3) is 4.97. The van der Waals surface area contributed by atoms with Gasteiger partial charge in [0, 0.05) is 12.1 Å². The van der Waals surface area contributed by atoms with E-state index < -0.39 is 11.7 Å². The molecular weight excluding hydrogens is 310 g/mol. The van der Waals surface area contributed by atoms with Crippen LogP contribution in [0.3, 0.4) is 0 Å². The van der Waals surface area contributed by atoms with Crippen molar-refractivity contribution in [3.8, 4) is 0 Å². The second kappa shape index (κ2) is 7.08. The van der Waals surface area contributed by atoms with Gasteiger partial charge in [0.1, 0.15) is 0 Å². The number of allylic oxidation sites excluding steroid dienone is 1. The van der Waals surface area contributed by atoms with E-state index in [9.17, 15) is 9.59 Å². The largest absolute Gasteiger partial charge is 0.435 e. The summed E-state index contributed by atoms with van der Waals surface area (Å²) < 4.78 is 5.78. The first-order chi connectivity index (χ1) is 8.54. The molecule has 0 bridgehead atoms. The number of rotatable bonds is 5. The van der Waals surface area contributed by atoms with E-state index in [1.165, 1.54) is 0 Å². The molecule has 4 nitrogen and oxygen atoms in total. The lowest BCUT2D eigenvalue weighted by atomic mass is 10.0. The first-order valence-electron chi connectivity index (χ1n) is 6.42. The van der Waals surface area contributed by atoms with Gasteiger partial charge in [0.2, 0.25) is 5.78 Å². The molecular formula is C14H24BrNO3. The summed E-state index contributed by atoms with van der Waals surface area (Å²) in [5.41, 5.74) is -1.19. The van der Waals surface area contributed by atoms with Crippen molar-refractivity contribution in [2.24, 2.45) is 0 Å². The van der Waals surface area contributed by atoms with E-state index in [0.717, 1.165) is 0 Å². The van der Waals surface area contributed by atoms with E-state index in [4.69, 9.17) is 4.74 Å². The van der Waals surface area contributed by atoms with E-state index in [2.05, 4.69) is 15.9 Å². The van der Waals surface area contributed by atoms with Gasteiger partial charge >= 0.3 is 6.09 Å². The van der Waals surface area contributed by atoms with Crippen molar-refractivity contribution in [3.05, 3.63) is 10.6 Å². The second-order valence-corrected chi connectivity index (χ2v) is 6.29. The number of ketones is 1. The van der Waals surface area contributed by atoms with Crippen molar-refractivity contribution in [1.29, 1.82) is 0 Å². The Labute approximate surface area is 124 Å². The van der Waals surface area contributed by atoms with Crippen LogP contribution in [0.2, 0.25) is 0 Å². The van der Waals surface area contributed by atoms with Gasteiger partial charge in [-0.3, -0.25) is 4.79 Å². The molecule has 0 aromatic carbocycles. The predicted molar refractivity (Wildman–Crippen MR) is 80.4 cm³/mol. The van der Waals surface area contributed by atoms with Crippen LogP contribution in [0, 0.1) is 0 Å². The maximum absolute atomic E-state index is 12.2. The lowest BCUT2D eigenvalue weighted by Crippen LogP contribution is -2.47. The average Bonchev–Trinajstić information content (AvgIpc) is 2.24. The molecule has 1 amide bonds. The molecule has 0 aromatic heterocycles. The van der Waals surface area contributed by atoms with Gasteiger partial charge in [-0.05, 0) is 64.4 Å². The van der Waals surface area contributed by atoms with Crippen LogP contribution in [0.15, 0.2) is 10.6 Å². The SMILES string of the molecule is C/C=C(\Br)C(=O)C(C)(C)OC(=O)N(C(C)C)C(C)C. The molecule has 0 aromatic rings. The summed E-state index contributed by atoms with van der Waals surface area (Å²) in [6.07, 6.45) is 1.17. The highest BCUT2D eigenvalue weighted by molar-refractivity contribution is 9.12. The molecule has 0 aliphatic heterocycles. The van der Waals surface area contributed by atoms with Gasteiger partial charge in [-0.15, -0.1) is 0 Å². The molecule has 0 spiro atoms. The number of nitrogens with zero attached hydrogens (tertiary/aromatic N) is 1. The maximum atomic E-state index is 12.2. The highest BCUT2D eigenvalue weighted by Gasteiger charge is 2.35. The minimum atomic E-state index is -1.19. The van der Waals surface area contributed by atoms with Crippen molar-refractivity contribution >= 4 is 27.8 Å². The highest BCUT2D eigenvalue weighted by Crippen LogP contribution is 2.22. The zero-order valence-corrected chi connectivity index (χ0v) is 14.4. The molecule has 0 aliphatic rings. The summed E-state index contributed by atoms with van der Waals surface area (Å²) >= 11 is 3.17. The molecule has 5 heteroatoms. The number of ether oxygens (including phenoxy) is 1. The monoisotopic (exact) mass is 333 g/mol. The van der Waals surface area contributed by atoms with E-state index in [0.29, 0.717) is 4.48 Å². The Hall–Kier alpha value is -0.840. The van der Waals surface area contributed by atoms with Crippen LogP contribution in [-0.2, 0) is 9.53 Å². The van der Waals surface area contributed by atoms with Gasteiger partial charge < -0.3 is 9.64 Å². The Bertz CT molecular complexity index is 365. The zero-order chi connectivity index (χ0) is 15.4. The van der Waals surface area contributed by atoms with Crippen LogP contribution in [0.5, 0.6) is 0 Å². The summed E-state index contributed by atoms with van der Waals surface area (Å²) in [5.74, 6) is -0.254. The fraction of sp³-hybridized carbons (Fsp3) is 0.714. The standard InChI is InChI=1S/C14H24BrNO3/c1-8-11(15)12(17)14(6,7)19-13(18)16(9(2)3)10(4)5/h8-10H,1-7H3/b11-8-. The molecule has 0 heterocycles. The highest BCUT2D eigenvalue weighted by atomic mass is 79.9. The third-order valence-electron chi connectivity index (χ3n) is 2.68. The number of hydrogen-bond donors (Lipinski definition) is 0. The van der Waals surface area contributed by atoms with E-state index >= 15 is 0 Å². The zero-order valence-electron chi connectivity index (χ0n) is 12.8. The quantitative estimate of drug-likeness (QED) is 0.717. The molecule has 0 rings (SSSR count). The van der Waals surface area contributed by atoms with Gasteiger partial charge in [-0.25, -0.2) is 4.79 Å². The van der Waals surface area contributed by atoms with Crippen LogP contribution >= 0.6 is 15.9 Å². The van der Waals surface area contributed by atoms with Crippen LogP contribution in [0.4, 0.5) is 4.79 Å². The molecule has 0 unspecified atom stereocenters. The Morgan fingerprint density at radius 2 is 1.58 bits per heavy atom. The number of Topliss-reactive ketones (excluding diaryl/α,β-unsaturated/α-hetero) is 1. The fourth-order valence-corrected chi connectivity index (χ4v) is 2.23. The van der Waals surface area contributed by atoms with Crippen LogP contribution in [0.25, 0.3) is 0 Å². The molecule has 0 N–H and O–H groups in total. The van der Waals surface area contributed by atoms with Crippen molar-refractivity contribution in [3.63, 3.8) is 0 Å². The van der Waals surface area contributed by atoms with Gasteiger partial charge in [0.15, 0.2) is 5.60 Å². The normalized spacial score (nSPS) is 12.8. The van der Waals surface area contributed by atoms with Gasteiger partial charge in [0.05, 0.1) is 4.48 Å². The number of amides is 1. The van der Waals surface area contributed by atoms with Gasteiger partial charge in [0.25, 0.3) is 0 Å². The Morgan fingerprint density at radius 1 is 1.16 bits per heavy atom. The molecule has 0 saturated heterocycles. The molecule has 19 heavy (non-hydrogen) atoms. The van der Waals surface area contributed by atoms with Crippen molar-refractivity contribution in [1.82, 2.24) is 4.90 Å². The summed E-state index contributed by atoms with van der Waals surface area (Å²) in [5, 5.41) is 0. The topological polar surface area (TPSA) is 46.6 Å². The lowest BCUT2D eigenvalue weighted by Gasteiger charge is -2.33. The molecule has 0 saturated carbocycles. The van der Waals surface area contributed by atoms with Gasteiger partial charge in [-0.1, -0.05) is 6.08 Å². The van der Waals surface area contributed by atoms with E-state index in [-0.39, 0.29) is 17.9 Å². The fourth-order valence-electron chi connectivity index (χ4n) is 1.75. The molecule has 110 valence electrons. The Balaban J connectivity index is 5.02. The molecule has 0 radical (unpaired) electrons. The summed E-state index contributed by atoms with van der Waals surface area (Å²) in [6, 6.07) is 0.0344.